The summed E-state index contributed by atoms with van der Waals surface area (Å²) in [6, 6.07) is 14.2. The van der Waals surface area contributed by atoms with Crippen LogP contribution in [-0.4, -0.2) is 16.7 Å². The van der Waals surface area contributed by atoms with Crippen LogP contribution in [0.15, 0.2) is 68.9 Å². The molecule has 1 amide bonds. The van der Waals surface area contributed by atoms with Crippen LogP contribution in [0.5, 0.6) is 0 Å². The molecule has 0 bridgehead atoms. The van der Waals surface area contributed by atoms with E-state index in [1.165, 1.54) is 6.26 Å². The van der Waals surface area contributed by atoms with E-state index in [2.05, 4.69) is 63.2 Å². The number of aromatic nitrogens is 1. The first-order chi connectivity index (χ1) is 13.6. The Balaban J connectivity index is 1.59. The van der Waals surface area contributed by atoms with E-state index in [4.69, 9.17) is 4.42 Å². The maximum Gasteiger partial charge on any atom is 0.275 e. The Morgan fingerprint density at radius 1 is 1.29 bits per heavy atom. The lowest BCUT2D eigenvalue weighted by molar-refractivity contribution is 0.0956. The first-order valence-corrected chi connectivity index (χ1v) is 9.97. The third-order valence-electron chi connectivity index (χ3n) is 4.99. The van der Waals surface area contributed by atoms with E-state index in [1.807, 2.05) is 30.3 Å². The van der Waals surface area contributed by atoms with Crippen molar-refractivity contribution in [2.24, 2.45) is 5.10 Å². The molecule has 142 valence electrons. The fraction of sp³-hybridized carbons (Fsp3) is 0.182. The number of hydrogen-bond donors (Lipinski definition) is 1. The van der Waals surface area contributed by atoms with Crippen molar-refractivity contribution in [3.8, 4) is 0 Å². The number of hydrazone groups is 1. The smallest absolute Gasteiger partial charge is 0.275 e. The summed E-state index contributed by atoms with van der Waals surface area (Å²) in [5.74, 6) is -0.307. The molecule has 5 nitrogen and oxygen atoms in total. The number of benzene rings is 2. The Labute approximate surface area is 171 Å². The number of halogens is 1. The molecule has 1 N–H and O–H groups in total. The van der Waals surface area contributed by atoms with Crippen LogP contribution < -0.4 is 5.43 Å². The molecule has 6 heteroatoms. The highest BCUT2D eigenvalue weighted by Gasteiger charge is 2.14. The highest BCUT2D eigenvalue weighted by molar-refractivity contribution is 9.10. The van der Waals surface area contributed by atoms with Crippen LogP contribution in [0, 0.1) is 0 Å². The number of carbonyl (C=O) groups is 1. The second-order valence-corrected chi connectivity index (χ2v) is 7.67. The minimum Gasteiger partial charge on any atom is -0.463 e. The Kier molecular flexibility index (Phi) is 5.05. The van der Waals surface area contributed by atoms with Gasteiger partial charge in [-0.25, -0.2) is 5.43 Å². The maximum atomic E-state index is 12.5. The van der Waals surface area contributed by atoms with Gasteiger partial charge in [-0.3, -0.25) is 4.79 Å². The van der Waals surface area contributed by atoms with Crippen LogP contribution in [0.25, 0.3) is 21.9 Å². The summed E-state index contributed by atoms with van der Waals surface area (Å²) in [6.45, 7) is 4.36. The summed E-state index contributed by atoms with van der Waals surface area (Å²) in [6.07, 6.45) is 6.27. The van der Waals surface area contributed by atoms with Gasteiger partial charge in [0.1, 0.15) is 11.8 Å². The summed E-state index contributed by atoms with van der Waals surface area (Å²) >= 11 is 3.42. The van der Waals surface area contributed by atoms with Crippen molar-refractivity contribution in [3.63, 3.8) is 0 Å². The van der Waals surface area contributed by atoms with Crippen molar-refractivity contribution in [2.75, 3.05) is 0 Å². The average Bonchev–Trinajstić information content (AvgIpc) is 3.29. The van der Waals surface area contributed by atoms with Gasteiger partial charge in [0.05, 0.1) is 11.8 Å². The predicted octanol–water partition coefficient (Wildman–Crippen LogP) is 5.88. The van der Waals surface area contributed by atoms with Crippen LogP contribution in [0.3, 0.4) is 0 Å². The summed E-state index contributed by atoms with van der Waals surface area (Å²) in [4.78, 5) is 12.5. The lowest BCUT2D eigenvalue weighted by atomic mass is 10.2. The molecule has 0 aliphatic carbocycles. The zero-order valence-electron chi connectivity index (χ0n) is 15.6. The summed E-state index contributed by atoms with van der Waals surface area (Å²) in [5, 5.41) is 6.04. The van der Waals surface area contributed by atoms with Gasteiger partial charge in [-0.1, -0.05) is 41.1 Å². The SMILES string of the molecule is CC[C@H](C)n1cc(/C=N\NC(=O)c2coc3ccc(Br)cc23)c2ccccc21. The number of hydrogen-bond acceptors (Lipinski definition) is 3. The Morgan fingerprint density at radius 3 is 2.93 bits per heavy atom. The molecule has 2 aromatic carbocycles. The molecule has 0 unspecified atom stereocenters. The molecule has 0 spiro atoms. The zero-order chi connectivity index (χ0) is 19.7. The van der Waals surface area contributed by atoms with Gasteiger partial charge < -0.3 is 8.98 Å². The molecule has 0 aliphatic heterocycles. The van der Waals surface area contributed by atoms with Gasteiger partial charge in [-0.2, -0.15) is 5.10 Å². The third kappa shape index (κ3) is 3.36. The van der Waals surface area contributed by atoms with Gasteiger partial charge in [0.2, 0.25) is 0 Å². The van der Waals surface area contributed by atoms with Crippen molar-refractivity contribution in [2.45, 2.75) is 26.3 Å². The van der Waals surface area contributed by atoms with Crippen molar-refractivity contribution in [1.82, 2.24) is 9.99 Å². The van der Waals surface area contributed by atoms with Crippen LogP contribution in [0.2, 0.25) is 0 Å². The first-order valence-electron chi connectivity index (χ1n) is 9.18. The summed E-state index contributed by atoms with van der Waals surface area (Å²) in [7, 11) is 0. The van der Waals surface area contributed by atoms with E-state index in [-0.39, 0.29) is 5.91 Å². The summed E-state index contributed by atoms with van der Waals surface area (Å²) < 4.78 is 8.59. The first kappa shape index (κ1) is 18.5. The average molecular weight is 438 g/mol. The Bertz CT molecular complexity index is 1190. The minimum absolute atomic E-state index is 0.307. The standard InChI is InChI=1S/C22H20BrN3O2/c1-3-14(2)26-12-15(17-6-4-5-7-20(17)26)11-24-25-22(27)19-13-28-21-9-8-16(23)10-18(19)21/h4-14H,3H2,1-2H3,(H,25,27)/b24-11-/t14-/m0/s1. The zero-order valence-corrected chi connectivity index (χ0v) is 17.2. The fourth-order valence-corrected chi connectivity index (χ4v) is 3.66. The molecule has 0 aliphatic rings. The number of furan rings is 1. The molecule has 2 heterocycles. The van der Waals surface area contributed by atoms with Gasteiger partial charge in [-0.15, -0.1) is 0 Å². The molecule has 4 rings (SSSR count). The predicted molar refractivity (Wildman–Crippen MR) is 116 cm³/mol. The topological polar surface area (TPSA) is 59.5 Å². The number of fused-ring (bicyclic) bond motifs is 2. The normalized spacial score (nSPS) is 12.8. The molecular formula is C22H20BrN3O2. The molecule has 0 fully saturated rings. The van der Waals surface area contributed by atoms with Gasteiger partial charge in [-0.05, 0) is 37.6 Å². The Morgan fingerprint density at radius 2 is 2.11 bits per heavy atom. The fourth-order valence-electron chi connectivity index (χ4n) is 3.29. The molecule has 2 aromatic heterocycles. The number of nitrogens with zero attached hydrogens (tertiary/aromatic N) is 2. The molecular weight excluding hydrogens is 418 g/mol. The Hall–Kier alpha value is -2.86. The van der Waals surface area contributed by atoms with Crippen LogP contribution >= 0.6 is 15.9 Å². The molecule has 28 heavy (non-hydrogen) atoms. The number of nitrogens with one attached hydrogen (secondary N) is 1. The van der Waals surface area contributed by atoms with Crippen molar-refractivity contribution in [3.05, 3.63) is 70.5 Å². The van der Waals surface area contributed by atoms with Crippen LogP contribution in [-0.2, 0) is 0 Å². The quantitative estimate of drug-likeness (QED) is 0.312. The van der Waals surface area contributed by atoms with Crippen molar-refractivity contribution >= 4 is 49.9 Å². The molecule has 4 aromatic rings. The lowest BCUT2D eigenvalue weighted by Crippen LogP contribution is -2.17. The van der Waals surface area contributed by atoms with Gasteiger partial charge in [0.25, 0.3) is 5.91 Å². The molecule has 0 radical (unpaired) electrons. The van der Waals surface area contributed by atoms with E-state index in [0.717, 1.165) is 32.7 Å². The van der Waals surface area contributed by atoms with Crippen LogP contribution in [0.4, 0.5) is 0 Å². The van der Waals surface area contributed by atoms with Crippen molar-refractivity contribution < 1.29 is 9.21 Å². The van der Waals surface area contributed by atoms with Gasteiger partial charge >= 0.3 is 0 Å². The van der Waals surface area contributed by atoms with E-state index in [9.17, 15) is 4.79 Å². The number of carbonyl (C=O) groups excluding carboxylic acids is 1. The maximum absolute atomic E-state index is 12.5. The second kappa shape index (κ2) is 7.64. The second-order valence-electron chi connectivity index (χ2n) is 6.76. The molecule has 1 atom stereocenters. The van der Waals surface area contributed by atoms with E-state index in [1.54, 1.807) is 6.21 Å². The lowest BCUT2D eigenvalue weighted by Gasteiger charge is -2.12. The van der Waals surface area contributed by atoms with E-state index in [0.29, 0.717) is 17.2 Å². The summed E-state index contributed by atoms with van der Waals surface area (Å²) in [5.41, 5.74) is 5.85. The molecule has 0 saturated carbocycles. The van der Waals surface area contributed by atoms with Crippen LogP contribution in [0.1, 0.15) is 42.2 Å². The number of amides is 1. The number of rotatable bonds is 5. The van der Waals surface area contributed by atoms with Gasteiger partial charge in [0, 0.05) is 38.6 Å². The molecule has 0 saturated heterocycles. The van der Waals surface area contributed by atoms with Gasteiger partial charge in [0.15, 0.2) is 0 Å². The third-order valence-corrected chi connectivity index (χ3v) is 5.48. The van der Waals surface area contributed by atoms with Crippen molar-refractivity contribution in [1.29, 1.82) is 0 Å². The highest BCUT2D eigenvalue weighted by atomic mass is 79.9. The highest BCUT2D eigenvalue weighted by Crippen LogP contribution is 2.26. The minimum atomic E-state index is -0.307. The van der Waals surface area contributed by atoms with E-state index < -0.39 is 0 Å². The van der Waals surface area contributed by atoms with E-state index >= 15 is 0 Å². The number of para-hydroxylation sites is 1. The monoisotopic (exact) mass is 437 g/mol. The largest absolute Gasteiger partial charge is 0.463 e.